The number of rotatable bonds is 5. The first kappa shape index (κ1) is 14.3. The van der Waals surface area contributed by atoms with E-state index in [1.807, 2.05) is 37.3 Å². The molecule has 1 aromatic carbocycles. The maximum absolute atomic E-state index is 8.57. The van der Waals surface area contributed by atoms with Crippen LogP contribution in [0.2, 0.25) is 0 Å². The molecule has 2 N–H and O–H groups in total. The van der Waals surface area contributed by atoms with Crippen molar-refractivity contribution in [1.82, 2.24) is 9.97 Å². The Morgan fingerprint density at radius 1 is 1.15 bits per heavy atom. The summed E-state index contributed by atoms with van der Waals surface area (Å²) in [5.41, 5.74) is 1.16. The highest BCUT2D eigenvalue weighted by molar-refractivity contribution is 9.10. The molecule has 5 nitrogen and oxygen atoms in total. The quantitative estimate of drug-likeness (QED) is 0.823. The SMILES string of the molecule is Cc1nc(NCC#N)cc(NCc2ccc(Br)cc2)n1. The van der Waals surface area contributed by atoms with Gasteiger partial charge in [-0.25, -0.2) is 9.97 Å². The van der Waals surface area contributed by atoms with Crippen LogP contribution in [0.15, 0.2) is 34.8 Å². The smallest absolute Gasteiger partial charge is 0.132 e. The molecule has 0 saturated carbocycles. The number of nitrogens with zero attached hydrogens (tertiary/aromatic N) is 3. The number of benzene rings is 1. The molecular weight excluding hydrogens is 318 g/mol. The van der Waals surface area contributed by atoms with E-state index in [1.54, 1.807) is 6.07 Å². The minimum atomic E-state index is 0.225. The lowest BCUT2D eigenvalue weighted by Crippen LogP contribution is -2.07. The van der Waals surface area contributed by atoms with Gasteiger partial charge in [0.2, 0.25) is 0 Å². The molecule has 2 aromatic rings. The molecule has 0 spiro atoms. The summed E-state index contributed by atoms with van der Waals surface area (Å²) in [5, 5.41) is 14.7. The lowest BCUT2D eigenvalue weighted by molar-refractivity contribution is 1.02. The van der Waals surface area contributed by atoms with Crippen molar-refractivity contribution in [1.29, 1.82) is 5.26 Å². The highest BCUT2D eigenvalue weighted by Gasteiger charge is 2.01. The first-order valence-corrected chi connectivity index (χ1v) is 6.91. The van der Waals surface area contributed by atoms with E-state index in [9.17, 15) is 0 Å². The molecule has 0 amide bonds. The fourth-order valence-electron chi connectivity index (χ4n) is 1.67. The summed E-state index contributed by atoms with van der Waals surface area (Å²) in [7, 11) is 0. The zero-order chi connectivity index (χ0) is 14.4. The maximum atomic E-state index is 8.57. The average Bonchev–Trinajstić information content (AvgIpc) is 2.44. The summed E-state index contributed by atoms with van der Waals surface area (Å²) in [5.74, 6) is 2.05. The van der Waals surface area contributed by atoms with Gasteiger partial charge in [0.15, 0.2) is 0 Å². The van der Waals surface area contributed by atoms with Gasteiger partial charge in [0.05, 0.1) is 6.07 Å². The molecule has 0 unspecified atom stereocenters. The number of halogens is 1. The van der Waals surface area contributed by atoms with Crippen LogP contribution in [0.5, 0.6) is 0 Å². The summed E-state index contributed by atoms with van der Waals surface area (Å²) >= 11 is 3.41. The topological polar surface area (TPSA) is 73.6 Å². The van der Waals surface area contributed by atoms with E-state index in [1.165, 1.54) is 0 Å². The molecule has 1 heterocycles. The average molecular weight is 332 g/mol. The second-order valence-corrected chi connectivity index (χ2v) is 5.09. The van der Waals surface area contributed by atoms with Crippen LogP contribution in [0, 0.1) is 18.3 Å². The largest absolute Gasteiger partial charge is 0.366 e. The van der Waals surface area contributed by atoms with Gasteiger partial charge in [0, 0.05) is 17.1 Å². The van der Waals surface area contributed by atoms with Crippen LogP contribution in [0.4, 0.5) is 11.6 Å². The highest BCUT2D eigenvalue weighted by atomic mass is 79.9. The zero-order valence-electron chi connectivity index (χ0n) is 11.0. The van der Waals surface area contributed by atoms with Crippen molar-refractivity contribution in [2.75, 3.05) is 17.2 Å². The van der Waals surface area contributed by atoms with Crippen molar-refractivity contribution in [3.8, 4) is 6.07 Å². The second kappa shape index (κ2) is 6.87. The minimum absolute atomic E-state index is 0.225. The Balaban J connectivity index is 2.03. The molecule has 0 radical (unpaired) electrons. The molecule has 2 rings (SSSR count). The molecule has 0 fully saturated rings. The fourth-order valence-corrected chi connectivity index (χ4v) is 1.94. The van der Waals surface area contributed by atoms with Crippen molar-refractivity contribution >= 4 is 27.6 Å². The summed E-state index contributed by atoms with van der Waals surface area (Å²) < 4.78 is 1.06. The van der Waals surface area contributed by atoms with Crippen LogP contribution in [0.25, 0.3) is 0 Å². The number of hydrogen-bond acceptors (Lipinski definition) is 5. The lowest BCUT2D eigenvalue weighted by Gasteiger charge is -2.09. The van der Waals surface area contributed by atoms with Gasteiger partial charge in [0.25, 0.3) is 0 Å². The monoisotopic (exact) mass is 331 g/mol. The van der Waals surface area contributed by atoms with Gasteiger partial charge in [0.1, 0.15) is 24.0 Å². The van der Waals surface area contributed by atoms with Gasteiger partial charge in [-0.1, -0.05) is 28.1 Å². The number of nitriles is 1. The van der Waals surface area contributed by atoms with Crippen molar-refractivity contribution in [3.05, 3.63) is 46.2 Å². The van der Waals surface area contributed by atoms with E-state index in [2.05, 4.69) is 36.5 Å². The van der Waals surface area contributed by atoms with Crippen LogP contribution >= 0.6 is 15.9 Å². The van der Waals surface area contributed by atoms with Gasteiger partial charge < -0.3 is 10.6 Å². The Kier molecular flexibility index (Phi) is 4.91. The van der Waals surface area contributed by atoms with Crippen molar-refractivity contribution < 1.29 is 0 Å². The predicted molar refractivity (Wildman–Crippen MR) is 82.3 cm³/mol. The third-order valence-corrected chi connectivity index (χ3v) is 3.10. The van der Waals surface area contributed by atoms with Crippen LogP contribution in [0.3, 0.4) is 0 Å². The highest BCUT2D eigenvalue weighted by Crippen LogP contribution is 2.14. The molecule has 0 aliphatic heterocycles. The van der Waals surface area contributed by atoms with E-state index in [4.69, 9.17) is 5.26 Å². The van der Waals surface area contributed by atoms with E-state index in [-0.39, 0.29) is 6.54 Å². The Morgan fingerprint density at radius 2 is 1.80 bits per heavy atom. The fraction of sp³-hybridized carbons (Fsp3) is 0.214. The van der Waals surface area contributed by atoms with Crippen molar-refractivity contribution in [3.63, 3.8) is 0 Å². The van der Waals surface area contributed by atoms with Crippen molar-refractivity contribution in [2.24, 2.45) is 0 Å². The molecular formula is C14H14BrN5. The van der Waals surface area contributed by atoms with E-state index >= 15 is 0 Å². The Hall–Kier alpha value is -2.13. The van der Waals surface area contributed by atoms with E-state index in [0.717, 1.165) is 15.9 Å². The summed E-state index contributed by atoms with van der Waals surface area (Å²) in [4.78, 5) is 8.54. The van der Waals surface area contributed by atoms with E-state index < -0.39 is 0 Å². The van der Waals surface area contributed by atoms with Gasteiger partial charge in [-0.3, -0.25) is 0 Å². The molecule has 0 aliphatic rings. The normalized spacial score (nSPS) is 9.85. The van der Waals surface area contributed by atoms with E-state index in [0.29, 0.717) is 18.2 Å². The van der Waals surface area contributed by atoms with Gasteiger partial charge in [-0.2, -0.15) is 5.26 Å². The van der Waals surface area contributed by atoms with Gasteiger partial charge in [-0.15, -0.1) is 0 Å². The Labute approximate surface area is 126 Å². The van der Waals surface area contributed by atoms with Gasteiger partial charge in [-0.05, 0) is 24.6 Å². The molecule has 0 aliphatic carbocycles. The third kappa shape index (κ3) is 4.21. The van der Waals surface area contributed by atoms with Crippen LogP contribution in [-0.4, -0.2) is 16.5 Å². The number of aromatic nitrogens is 2. The molecule has 0 atom stereocenters. The first-order chi connectivity index (χ1) is 9.67. The van der Waals surface area contributed by atoms with Crippen molar-refractivity contribution in [2.45, 2.75) is 13.5 Å². The van der Waals surface area contributed by atoms with Crippen LogP contribution in [-0.2, 0) is 6.54 Å². The predicted octanol–water partition coefficient (Wildman–Crippen LogP) is 3.10. The molecule has 0 bridgehead atoms. The summed E-state index contributed by atoms with van der Waals surface area (Å²) in [6.45, 7) is 2.73. The Morgan fingerprint density at radius 3 is 2.45 bits per heavy atom. The van der Waals surface area contributed by atoms with Gasteiger partial charge >= 0.3 is 0 Å². The standard InChI is InChI=1S/C14H14BrN5/c1-10-19-13(17-7-6-16)8-14(20-10)18-9-11-2-4-12(15)5-3-11/h2-5,8H,7,9H2,1H3,(H2,17,18,19,20). The van der Waals surface area contributed by atoms with Crippen LogP contribution in [0.1, 0.15) is 11.4 Å². The maximum Gasteiger partial charge on any atom is 0.132 e. The number of hydrogen-bond donors (Lipinski definition) is 2. The Bertz CT molecular complexity index is 618. The summed E-state index contributed by atoms with van der Waals surface area (Å²) in [6.07, 6.45) is 0. The molecule has 6 heteroatoms. The number of anilines is 2. The molecule has 1 aromatic heterocycles. The molecule has 0 saturated heterocycles. The second-order valence-electron chi connectivity index (χ2n) is 4.18. The number of nitrogens with one attached hydrogen (secondary N) is 2. The lowest BCUT2D eigenvalue weighted by atomic mass is 10.2. The minimum Gasteiger partial charge on any atom is -0.366 e. The number of aryl methyl sites for hydroxylation is 1. The van der Waals surface area contributed by atoms with Crippen LogP contribution < -0.4 is 10.6 Å². The third-order valence-electron chi connectivity index (χ3n) is 2.57. The zero-order valence-corrected chi connectivity index (χ0v) is 12.6. The molecule has 20 heavy (non-hydrogen) atoms. The first-order valence-electron chi connectivity index (χ1n) is 6.12. The summed E-state index contributed by atoms with van der Waals surface area (Å²) in [6, 6.07) is 11.9. The molecule has 102 valence electrons.